The summed E-state index contributed by atoms with van der Waals surface area (Å²) < 4.78 is 0. The standard InChI is InChI=1S/C8H7OS/c1-7-4-5-8(10-7)3-2-6-9/h2-5H,1H3/b3-2+. The van der Waals surface area contributed by atoms with E-state index in [0.29, 0.717) is 0 Å². The molecule has 1 aromatic rings. The van der Waals surface area contributed by atoms with E-state index in [1.165, 1.54) is 11.0 Å². The van der Waals surface area contributed by atoms with Crippen molar-refractivity contribution in [2.24, 2.45) is 0 Å². The second kappa shape index (κ2) is 3.32. The Hall–Kier alpha value is -0.890. The van der Waals surface area contributed by atoms with Gasteiger partial charge < -0.3 is 0 Å². The maximum absolute atomic E-state index is 9.78. The Labute approximate surface area is 64.0 Å². The summed E-state index contributed by atoms with van der Waals surface area (Å²) in [6, 6.07) is 4.00. The zero-order valence-electron chi connectivity index (χ0n) is 5.63. The van der Waals surface area contributed by atoms with Gasteiger partial charge in [0, 0.05) is 9.75 Å². The first-order valence-electron chi connectivity index (χ1n) is 2.93. The Bertz CT molecular complexity index is 248. The van der Waals surface area contributed by atoms with Gasteiger partial charge in [-0.1, -0.05) is 0 Å². The molecule has 2 heteroatoms. The molecule has 0 N–H and O–H groups in total. The first-order chi connectivity index (χ1) is 4.83. The molecular weight excluding hydrogens is 144 g/mol. The van der Waals surface area contributed by atoms with Crippen molar-refractivity contribution in [3.05, 3.63) is 28.0 Å². The van der Waals surface area contributed by atoms with E-state index in [0.717, 1.165) is 4.88 Å². The fourth-order valence-electron chi connectivity index (χ4n) is 0.659. The van der Waals surface area contributed by atoms with Gasteiger partial charge in [-0.2, -0.15) is 0 Å². The van der Waals surface area contributed by atoms with E-state index in [1.54, 1.807) is 23.7 Å². The van der Waals surface area contributed by atoms with E-state index < -0.39 is 0 Å². The number of hydrogen-bond donors (Lipinski definition) is 0. The van der Waals surface area contributed by atoms with Gasteiger partial charge in [0.05, 0.1) is 0 Å². The smallest absolute Gasteiger partial charge is 0.225 e. The van der Waals surface area contributed by atoms with E-state index in [-0.39, 0.29) is 0 Å². The van der Waals surface area contributed by atoms with Crippen LogP contribution in [-0.4, -0.2) is 6.29 Å². The van der Waals surface area contributed by atoms with Crippen molar-refractivity contribution in [1.82, 2.24) is 0 Å². The molecule has 0 saturated carbocycles. The van der Waals surface area contributed by atoms with Crippen molar-refractivity contribution >= 4 is 23.7 Å². The maximum atomic E-state index is 9.78. The van der Waals surface area contributed by atoms with Gasteiger partial charge in [-0.05, 0) is 31.2 Å². The molecule has 1 rings (SSSR count). The lowest BCUT2D eigenvalue weighted by atomic mass is 10.4. The number of rotatable bonds is 2. The molecule has 1 nitrogen and oxygen atoms in total. The molecule has 0 spiro atoms. The SMILES string of the molecule is Cc1ccc(/C=C/[C]=O)s1. The lowest BCUT2D eigenvalue weighted by Gasteiger charge is -1.76. The molecule has 0 bridgehead atoms. The van der Waals surface area contributed by atoms with Gasteiger partial charge in [-0.25, -0.2) is 0 Å². The van der Waals surface area contributed by atoms with Crippen molar-refractivity contribution in [1.29, 1.82) is 0 Å². The molecule has 0 aromatic carbocycles. The second-order valence-corrected chi connectivity index (χ2v) is 3.22. The third kappa shape index (κ3) is 1.81. The highest BCUT2D eigenvalue weighted by molar-refractivity contribution is 7.12. The van der Waals surface area contributed by atoms with Crippen LogP contribution in [0.4, 0.5) is 0 Å². The predicted octanol–water partition coefficient (Wildman–Crippen LogP) is 2.18. The summed E-state index contributed by atoms with van der Waals surface area (Å²) in [5, 5.41) is 0. The number of hydrogen-bond acceptors (Lipinski definition) is 2. The number of allylic oxidation sites excluding steroid dienone is 1. The topological polar surface area (TPSA) is 17.1 Å². The highest BCUT2D eigenvalue weighted by Crippen LogP contribution is 2.15. The zero-order chi connectivity index (χ0) is 7.40. The predicted molar refractivity (Wildman–Crippen MR) is 43.8 cm³/mol. The van der Waals surface area contributed by atoms with Crippen LogP contribution < -0.4 is 0 Å². The minimum atomic E-state index is 1.10. The molecule has 1 radical (unpaired) electrons. The first kappa shape index (κ1) is 7.22. The molecule has 0 fully saturated rings. The molecule has 0 saturated heterocycles. The summed E-state index contributed by atoms with van der Waals surface area (Å²) >= 11 is 1.66. The van der Waals surface area contributed by atoms with E-state index >= 15 is 0 Å². The number of aryl methyl sites for hydroxylation is 1. The first-order valence-corrected chi connectivity index (χ1v) is 3.75. The Balaban J connectivity index is 2.75. The van der Waals surface area contributed by atoms with Gasteiger partial charge in [0.15, 0.2) is 0 Å². The van der Waals surface area contributed by atoms with Crippen LogP contribution in [0.5, 0.6) is 0 Å². The molecule has 0 aliphatic heterocycles. The largest absolute Gasteiger partial charge is 0.286 e. The van der Waals surface area contributed by atoms with Crippen molar-refractivity contribution < 1.29 is 4.79 Å². The average molecular weight is 151 g/mol. The van der Waals surface area contributed by atoms with E-state index in [1.807, 2.05) is 19.1 Å². The monoisotopic (exact) mass is 151 g/mol. The quantitative estimate of drug-likeness (QED) is 0.592. The second-order valence-electron chi connectivity index (χ2n) is 1.90. The Kier molecular flexibility index (Phi) is 2.40. The molecule has 0 unspecified atom stereocenters. The van der Waals surface area contributed by atoms with Gasteiger partial charge in [-0.3, -0.25) is 4.79 Å². The van der Waals surface area contributed by atoms with Crippen LogP contribution in [0.15, 0.2) is 18.2 Å². The third-order valence-corrected chi connectivity index (χ3v) is 2.04. The lowest BCUT2D eigenvalue weighted by Crippen LogP contribution is -1.58. The van der Waals surface area contributed by atoms with Crippen LogP contribution in [0.3, 0.4) is 0 Å². The van der Waals surface area contributed by atoms with Gasteiger partial charge in [0.2, 0.25) is 6.29 Å². The summed E-state index contributed by atoms with van der Waals surface area (Å²) in [7, 11) is 0. The molecule has 10 heavy (non-hydrogen) atoms. The van der Waals surface area contributed by atoms with Crippen LogP contribution in [0, 0.1) is 6.92 Å². The normalized spacial score (nSPS) is 10.5. The van der Waals surface area contributed by atoms with Crippen LogP contribution in [0.25, 0.3) is 6.08 Å². The minimum absolute atomic E-state index is 1.10. The highest BCUT2D eigenvalue weighted by atomic mass is 32.1. The summed E-state index contributed by atoms with van der Waals surface area (Å²) in [5.74, 6) is 0. The van der Waals surface area contributed by atoms with Gasteiger partial charge in [-0.15, -0.1) is 11.3 Å². The van der Waals surface area contributed by atoms with Crippen molar-refractivity contribution in [3.8, 4) is 0 Å². The summed E-state index contributed by atoms with van der Waals surface area (Å²) in [6.07, 6.45) is 4.84. The minimum Gasteiger partial charge on any atom is -0.286 e. The van der Waals surface area contributed by atoms with E-state index in [9.17, 15) is 4.79 Å². The molecule has 0 aliphatic rings. The Morgan fingerprint density at radius 2 is 2.40 bits per heavy atom. The number of carbonyl (C=O) groups excluding carboxylic acids is 1. The molecule has 51 valence electrons. The molecule has 1 aromatic heterocycles. The maximum Gasteiger partial charge on any atom is 0.225 e. The van der Waals surface area contributed by atoms with E-state index in [2.05, 4.69) is 0 Å². The van der Waals surface area contributed by atoms with Crippen molar-refractivity contribution in [2.75, 3.05) is 0 Å². The lowest BCUT2D eigenvalue weighted by molar-refractivity contribution is 0.564. The highest BCUT2D eigenvalue weighted by Gasteiger charge is 1.88. The van der Waals surface area contributed by atoms with Crippen LogP contribution in [0.2, 0.25) is 0 Å². The van der Waals surface area contributed by atoms with Crippen LogP contribution in [-0.2, 0) is 4.79 Å². The molecular formula is C8H7OS. The fraction of sp³-hybridized carbons (Fsp3) is 0.125. The Morgan fingerprint density at radius 1 is 1.60 bits per heavy atom. The van der Waals surface area contributed by atoms with Gasteiger partial charge in [0.25, 0.3) is 0 Å². The summed E-state index contributed by atoms with van der Waals surface area (Å²) in [4.78, 5) is 12.1. The fourth-order valence-corrected chi connectivity index (χ4v) is 1.44. The number of thiophene rings is 1. The molecule has 0 atom stereocenters. The van der Waals surface area contributed by atoms with Crippen molar-refractivity contribution in [3.63, 3.8) is 0 Å². The van der Waals surface area contributed by atoms with Crippen LogP contribution >= 0.6 is 11.3 Å². The van der Waals surface area contributed by atoms with Gasteiger partial charge in [0.1, 0.15) is 0 Å². The molecule has 0 aliphatic carbocycles. The van der Waals surface area contributed by atoms with Crippen LogP contribution in [0.1, 0.15) is 9.75 Å². The average Bonchev–Trinajstić information content (AvgIpc) is 2.31. The molecule has 1 heterocycles. The summed E-state index contributed by atoms with van der Waals surface area (Å²) in [5.41, 5.74) is 0. The zero-order valence-corrected chi connectivity index (χ0v) is 6.44. The van der Waals surface area contributed by atoms with E-state index in [4.69, 9.17) is 0 Å². The molecule has 0 amide bonds. The summed E-state index contributed by atoms with van der Waals surface area (Å²) in [6.45, 7) is 2.03. The van der Waals surface area contributed by atoms with Crippen molar-refractivity contribution in [2.45, 2.75) is 6.92 Å². The third-order valence-electron chi connectivity index (χ3n) is 1.08. The van der Waals surface area contributed by atoms with Gasteiger partial charge >= 0.3 is 0 Å². The Morgan fingerprint density at radius 3 is 2.90 bits per heavy atom.